The Hall–Kier alpha value is -4.32. The van der Waals surface area contributed by atoms with Gasteiger partial charge in [-0.05, 0) is 62.9 Å². The molecule has 3 atom stereocenters. The molecule has 12 heteroatoms. The number of aliphatic hydroxyl groups excluding tert-OH is 1. The van der Waals surface area contributed by atoms with Crippen LogP contribution in [0.1, 0.15) is 83.6 Å². The molecule has 49 heavy (non-hydrogen) atoms. The third-order valence-electron chi connectivity index (χ3n) is 9.48. The van der Waals surface area contributed by atoms with Crippen molar-refractivity contribution in [1.29, 1.82) is 0 Å². The molecule has 1 saturated carbocycles. The Balaban J connectivity index is 1.35. The Kier molecular flexibility index (Phi) is 14.1. The predicted molar refractivity (Wildman–Crippen MR) is 191 cm³/mol. The fourth-order valence-electron chi connectivity index (χ4n) is 6.40. The number of carbonyl (C=O) groups excluding carboxylic acids is 4. The lowest BCUT2D eigenvalue weighted by atomic mass is 9.96. The molecular weight excluding hydrogens is 624 g/mol. The molecule has 6 N–H and O–H groups in total. The number of anilines is 3. The van der Waals surface area contributed by atoms with Crippen LogP contribution >= 0.6 is 0 Å². The Labute approximate surface area is 290 Å². The summed E-state index contributed by atoms with van der Waals surface area (Å²) in [4.78, 5) is 55.1. The van der Waals surface area contributed by atoms with Gasteiger partial charge in [-0.15, -0.1) is 0 Å². The maximum atomic E-state index is 13.6. The number of rotatable bonds is 13. The number of nitrogens with two attached hydrogens (primary N) is 1. The number of nitrogens with one attached hydrogen (secondary N) is 3. The molecule has 0 saturated heterocycles. The van der Waals surface area contributed by atoms with Gasteiger partial charge in [-0.2, -0.15) is 0 Å². The van der Waals surface area contributed by atoms with Crippen LogP contribution in [0.15, 0.2) is 42.5 Å². The van der Waals surface area contributed by atoms with Crippen molar-refractivity contribution >= 4 is 40.8 Å². The van der Waals surface area contributed by atoms with Crippen LogP contribution in [0.4, 0.5) is 21.9 Å². The monoisotopic (exact) mass is 678 g/mol. The lowest BCUT2D eigenvalue weighted by molar-refractivity contribution is -0.134. The normalized spacial score (nSPS) is 18.9. The lowest BCUT2D eigenvalue weighted by Gasteiger charge is -2.34. The Morgan fingerprint density at radius 2 is 1.71 bits per heavy atom. The fraction of sp³-hybridized carbons (Fsp3) is 0.568. The number of aliphatic hydroxyl groups is 1. The van der Waals surface area contributed by atoms with Gasteiger partial charge in [0, 0.05) is 49.6 Å². The van der Waals surface area contributed by atoms with Crippen LogP contribution in [0.5, 0.6) is 5.75 Å². The molecule has 1 aliphatic carbocycles. The number of fused-ring (bicyclic) bond motifs is 1. The number of para-hydroxylation sites is 2. The van der Waals surface area contributed by atoms with E-state index < -0.39 is 12.1 Å². The first-order valence-electron chi connectivity index (χ1n) is 17.7. The van der Waals surface area contributed by atoms with Gasteiger partial charge in [-0.1, -0.05) is 44.7 Å². The van der Waals surface area contributed by atoms with Crippen LogP contribution in [0, 0.1) is 5.92 Å². The van der Waals surface area contributed by atoms with Crippen molar-refractivity contribution in [3.8, 4) is 5.75 Å². The molecule has 1 aliphatic heterocycles. The van der Waals surface area contributed by atoms with Gasteiger partial charge < -0.3 is 41.3 Å². The average molecular weight is 679 g/mol. The largest absolute Gasteiger partial charge is 0.488 e. The first-order valence-corrected chi connectivity index (χ1v) is 17.7. The highest BCUT2D eigenvalue weighted by molar-refractivity contribution is 5.94. The van der Waals surface area contributed by atoms with E-state index >= 15 is 0 Å². The topological polar surface area (TPSA) is 166 Å². The van der Waals surface area contributed by atoms with Crippen molar-refractivity contribution in [2.24, 2.45) is 5.92 Å². The summed E-state index contributed by atoms with van der Waals surface area (Å²) in [7, 11) is 1.76. The lowest BCUT2D eigenvalue weighted by Crippen LogP contribution is -2.50. The van der Waals surface area contributed by atoms with Crippen molar-refractivity contribution in [3.05, 3.63) is 48.0 Å². The number of benzene rings is 2. The maximum Gasteiger partial charge on any atom is 0.317 e. The Morgan fingerprint density at radius 1 is 1.02 bits per heavy atom. The number of amides is 5. The zero-order chi connectivity index (χ0) is 35.3. The summed E-state index contributed by atoms with van der Waals surface area (Å²) in [6.45, 7) is 4.30. The number of unbranched alkanes of at least 4 members (excludes halogenated alkanes) is 2. The number of likely N-dealkylation sites (N-methyl/N-ethyl adjacent to an activating group) is 1. The van der Waals surface area contributed by atoms with Crippen LogP contribution in [-0.2, 0) is 20.8 Å². The van der Waals surface area contributed by atoms with Crippen LogP contribution < -0.4 is 26.4 Å². The third-order valence-corrected chi connectivity index (χ3v) is 9.48. The minimum absolute atomic E-state index is 0.0392. The number of nitrogen functional groups attached to an aromatic ring is 1. The van der Waals surface area contributed by atoms with E-state index in [-0.39, 0.29) is 55.2 Å². The van der Waals surface area contributed by atoms with E-state index in [4.69, 9.17) is 10.5 Å². The molecule has 0 aromatic heterocycles. The van der Waals surface area contributed by atoms with Gasteiger partial charge in [-0.25, -0.2) is 4.79 Å². The highest BCUT2D eigenvalue weighted by Crippen LogP contribution is 2.29. The summed E-state index contributed by atoms with van der Waals surface area (Å²) >= 11 is 0. The van der Waals surface area contributed by atoms with Gasteiger partial charge in [0.05, 0.1) is 37.0 Å². The van der Waals surface area contributed by atoms with Crippen LogP contribution in [0.2, 0.25) is 0 Å². The molecule has 0 unspecified atom stereocenters. The van der Waals surface area contributed by atoms with Crippen molar-refractivity contribution in [1.82, 2.24) is 15.1 Å². The van der Waals surface area contributed by atoms with Gasteiger partial charge in [0.1, 0.15) is 11.9 Å². The molecule has 268 valence electrons. The number of hydrogen-bond donors (Lipinski definition) is 5. The van der Waals surface area contributed by atoms with Crippen LogP contribution in [0.3, 0.4) is 0 Å². The van der Waals surface area contributed by atoms with Gasteiger partial charge in [0.25, 0.3) is 0 Å². The van der Waals surface area contributed by atoms with E-state index in [2.05, 4.69) is 16.0 Å². The Bertz CT molecular complexity index is 1430. The molecule has 4 rings (SSSR count). The minimum Gasteiger partial charge on any atom is -0.488 e. The van der Waals surface area contributed by atoms with Gasteiger partial charge in [0.2, 0.25) is 17.7 Å². The standard InChI is InChI=1S/C37H54N6O6/c1-25-22-43(26(2)24-44)36(47)21-27-20-29(39-34(45)16-8-5-9-17-35(46)41-31-15-11-10-14-30(31)38)18-19-32(27)49-33(25)23-42(3)37(48)40-28-12-6-4-7-13-28/h10-11,14-15,18-20,25-26,28,33,44H,4-9,12-13,16-17,21-24,38H2,1-3H3,(H,39,45)(H,40,48)(H,41,46)/t25-,26+,33+/m0/s1. The van der Waals surface area contributed by atoms with E-state index in [1.54, 1.807) is 47.2 Å². The first kappa shape index (κ1) is 37.5. The smallest absolute Gasteiger partial charge is 0.317 e. The summed E-state index contributed by atoms with van der Waals surface area (Å²) in [5, 5.41) is 18.9. The molecule has 0 radical (unpaired) electrons. The first-order chi connectivity index (χ1) is 23.5. The van der Waals surface area contributed by atoms with E-state index in [9.17, 15) is 24.3 Å². The maximum absolute atomic E-state index is 13.6. The summed E-state index contributed by atoms with van der Waals surface area (Å²) in [5.74, 6) is -0.0446. The van der Waals surface area contributed by atoms with Crippen molar-refractivity contribution in [2.45, 2.75) is 103 Å². The molecule has 2 aromatic carbocycles. The zero-order valence-electron chi connectivity index (χ0n) is 29.2. The van der Waals surface area contributed by atoms with E-state index in [1.165, 1.54) is 6.42 Å². The third kappa shape index (κ3) is 11.4. The summed E-state index contributed by atoms with van der Waals surface area (Å²) in [6, 6.07) is 12.0. The Morgan fingerprint density at radius 3 is 2.41 bits per heavy atom. The second kappa shape index (κ2) is 18.4. The predicted octanol–water partition coefficient (Wildman–Crippen LogP) is 4.92. The van der Waals surface area contributed by atoms with E-state index in [0.717, 1.165) is 25.7 Å². The summed E-state index contributed by atoms with van der Waals surface area (Å²) in [5.41, 5.74) is 8.17. The average Bonchev–Trinajstić information content (AvgIpc) is 3.12. The fourth-order valence-corrected chi connectivity index (χ4v) is 6.40. The molecule has 0 spiro atoms. The second-order valence-corrected chi connectivity index (χ2v) is 13.6. The summed E-state index contributed by atoms with van der Waals surface area (Å²) < 4.78 is 6.55. The molecular formula is C37H54N6O6. The van der Waals surface area contributed by atoms with E-state index in [1.807, 2.05) is 26.0 Å². The quantitative estimate of drug-likeness (QED) is 0.148. The molecule has 2 aromatic rings. The summed E-state index contributed by atoms with van der Waals surface area (Å²) in [6.07, 6.45) is 7.64. The van der Waals surface area contributed by atoms with E-state index in [0.29, 0.717) is 67.1 Å². The second-order valence-electron chi connectivity index (χ2n) is 13.6. The number of nitrogens with zero attached hydrogens (tertiary/aromatic N) is 2. The van der Waals surface area contributed by atoms with Crippen molar-refractivity contribution < 1.29 is 29.0 Å². The van der Waals surface area contributed by atoms with Gasteiger partial charge in [-0.3, -0.25) is 14.4 Å². The molecule has 1 fully saturated rings. The molecule has 12 nitrogen and oxygen atoms in total. The number of urea groups is 1. The zero-order valence-corrected chi connectivity index (χ0v) is 29.2. The highest BCUT2D eigenvalue weighted by atomic mass is 16.5. The number of ether oxygens (including phenoxy) is 1. The minimum atomic E-state index is -0.423. The number of carbonyl (C=O) groups is 4. The highest BCUT2D eigenvalue weighted by Gasteiger charge is 2.32. The number of hydrogen-bond acceptors (Lipinski definition) is 7. The van der Waals surface area contributed by atoms with Gasteiger partial charge in [0.15, 0.2) is 0 Å². The van der Waals surface area contributed by atoms with Crippen molar-refractivity contribution in [2.75, 3.05) is 43.1 Å². The van der Waals surface area contributed by atoms with Crippen molar-refractivity contribution in [3.63, 3.8) is 0 Å². The van der Waals surface area contributed by atoms with Gasteiger partial charge >= 0.3 is 6.03 Å². The molecule has 5 amide bonds. The SMILES string of the molecule is C[C@H](CO)N1C[C@H](C)[C@@H](CN(C)C(=O)NC2CCCCC2)Oc2ccc(NC(=O)CCCCCC(=O)Nc3ccccc3N)cc2CC1=O. The van der Waals surface area contributed by atoms with Crippen LogP contribution in [0.25, 0.3) is 0 Å². The molecule has 2 aliphatic rings. The van der Waals surface area contributed by atoms with Crippen LogP contribution in [-0.4, -0.2) is 83.6 Å². The molecule has 0 bridgehead atoms. The molecule has 1 heterocycles.